The van der Waals surface area contributed by atoms with Crippen molar-refractivity contribution in [3.05, 3.63) is 83.2 Å². The summed E-state index contributed by atoms with van der Waals surface area (Å²) in [5.74, 6) is -3.29. The first-order valence-corrected chi connectivity index (χ1v) is 12.0. The van der Waals surface area contributed by atoms with Gasteiger partial charge in [0.2, 0.25) is 0 Å². The Morgan fingerprint density at radius 3 is 1.43 bits per heavy atom. The lowest BCUT2D eigenvalue weighted by atomic mass is 10.1. The first kappa shape index (κ1) is 29.7. The number of aromatic carboxylic acids is 2. The maximum absolute atomic E-state index is 13.5. The highest BCUT2D eigenvalue weighted by Crippen LogP contribution is 2.35. The van der Waals surface area contributed by atoms with Gasteiger partial charge in [0.25, 0.3) is 0 Å². The SMILES string of the molecule is COc1cc(-c2cn(-c3ccc(C(=O)O)c(C(F)(F)F)c3)nn2)nc(-c2cn(-c3ccc(C(=O)O)c(C(F)(F)F)c3)nn2)c1. The van der Waals surface area contributed by atoms with Gasteiger partial charge in [0.05, 0.1) is 64.5 Å². The molecule has 2 N–H and O–H groups in total. The molecule has 5 rings (SSSR count). The molecular weight excluding hydrogens is 604 g/mol. The van der Waals surface area contributed by atoms with Crippen LogP contribution in [-0.2, 0) is 12.4 Å². The van der Waals surface area contributed by atoms with Crippen LogP contribution in [0.4, 0.5) is 26.3 Å². The number of alkyl halides is 6. The zero-order valence-electron chi connectivity index (χ0n) is 21.8. The minimum absolute atomic E-state index is 0.0625. The van der Waals surface area contributed by atoms with E-state index >= 15 is 0 Å². The van der Waals surface area contributed by atoms with Gasteiger partial charge < -0.3 is 14.9 Å². The number of pyridine rings is 1. The molecule has 0 aliphatic rings. The van der Waals surface area contributed by atoms with E-state index in [1.165, 1.54) is 31.6 Å². The molecule has 3 heterocycles. The van der Waals surface area contributed by atoms with Gasteiger partial charge in [0.15, 0.2) is 0 Å². The summed E-state index contributed by atoms with van der Waals surface area (Å²) < 4.78 is 88.1. The molecule has 44 heavy (non-hydrogen) atoms. The number of benzene rings is 2. The van der Waals surface area contributed by atoms with Crippen molar-refractivity contribution >= 4 is 11.9 Å². The van der Waals surface area contributed by atoms with Crippen molar-refractivity contribution < 1.29 is 50.9 Å². The van der Waals surface area contributed by atoms with Crippen molar-refractivity contribution in [1.29, 1.82) is 0 Å². The Hall–Kier alpha value is -5.81. The van der Waals surface area contributed by atoms with Crippen LogP contribution in [0.15, 0.2) is 60.9 Å². The quantitative estimate of drug-likeness (QED) is 0.237. The summed E-state index contributed by atoms with van der Waals surface area (Å²) in [5, 5.41) is 33.7. The van der Waals surface area contributed by atoms with Crippen LogP contribution < -0.4 is 4.74 Å². The second-order valence-electron chi connectivity index (χ2n) is 8.94. The van der Waals surface area contributed by atoms with Gasteiger partial charge in [0.1, 0.15) is 17.1 Å². The Morgan fingerprint density at radius 2 is 1.09 bits per heavy atom. The minimum Gasteiger partial charge on any atom is -0.497 e. The maximum atomic E-state index is 13.5. The number of ether oxygens (including phenoxy) is 1. The van der Waals surface area contributed by atoms with E-state index in [0.29, 0.717) is 12.1 Å². The van der Waals surface area contributed by atoms with Crippen molar-refractivity contribution in [2.24, 2.45) is 0 Å². The van der Waals surface area contributed by atoms with Crippen molar-refractivity contribution in [2.75, 3.05) is 7.11 Å². The predicted molar refractivity (Wildman–Crippen MR) is 135 cm³/mol. The van der Waals surface area contributed by atoms with E-state index in [4.69, 9.17) is 14.9 Å². The fraction of sp³-hybridized carbons (Fsp3) is 0.115. The summed E-state index contributed by atoms with van der Waals surface area (Å²) in [6.07, 6.45) is -7.44. The van der Waals surface area contributed by atoms with E-state index in [0.717, 1.165) is 33.6 Å². The highest BCUT2D eigenvalue weighted by atomic mass is 19.4. The molecule has 0 bridgehead atoms. The van der Waals surface area contributed by atoms with Crippen LogP contribution in [0, 0.1) is 0 Å². The molecule has 0 spiro atoms. The van der Waals surface area contributed by atoms with E-state index in [1.54, 1.807) is 0 Å². The van der Waals surface area contributed by atoms with Crippen LogP contribution in [0.25, 0.3) is 34.2 Å². The second kappa shape index (κ2) is 10.8. The summed E-state index contributed by atoms with van der Waals surface area (Å²) in [5.41, 5.74) is -4.58. The Kier molecular flexibility index (Phi) is 7.28. The highest BCUT2D eigenvalue weighted by molar-refractivity contribution is 5.90. The molecule has 0 saturated carbocycles. The van der Waals surface area contributed by atoms with Crippen molar-refractivity contribution in [2.45, 2.75) is 12.4 Å². The van der Waals surface area contributed by atoms with Gasteiger partial charge in [-0.3, -0.25) is 0 Å². The van der Waals surface area contributed by atoms with E-state index in [-0.39, 0.29) is 39.9 Å². The summed E-state index contributed by atoms with van der Waals surface area (Å²) in [7, 11) is 1.34. The number of methoxy groups -OCH3 is 1. The molecule has 0 atom stereocenters. The van der Waals surface area contributed by atoms with Crippen LogP contribution in [0.5, 0.6) is 5.75 Å². The normalized spacial score (nSPS) is 11.9. The molecule has 0 aliphatic carbocycles. The average molecular weight is 619 g/mol. The van der Waals surface area contributed by atoms with E-state index < -0.39 is 46.5 Å². The van der Waals surface area contributed by atoms with Crippen molar-refractivity contribution in [3.63, 3.8) is 0 Å². The van der Waals surface area contributed by atoms with Gasteiger partial charge >= 0.3 is 24.3 Å². The molecule has 0 aliphatic heterocycles. The summed E-state index contributed by atoms with van der Waals surface area (Å²) in [6, 6.07) is 7.89. The Balaban J connectivity index is 1.51. The number of carboxylic acids is 2. The second-order valence-corrected chi connectivity index (χ2v) is 8.94. The molecule has 0 unspecified atom stereocenters. The van der Waals surface area contributed by atoms with Gasteiger partial charge in [-0.15, -0.1) is 10.2 Å². The Bertz CT molecular complexity index is 1780. The van der Waals surface area contributed by atoms with E-state index in [9.17, 15) is 35.9 Å². The fourth-order valence-corrected chi connectivity index (χ4v) is 4.09. The minimum atomic E-state index is -4.96. The number of hydrogen-bond donors (Lipinski definition) is 2. The molecule has 0 radical (unpaired) electrons. The van der Waals surface area contributed by atoms with Crippen LogP contribution in [0.1, 0.15) is 31.8 Å². The predicted octanol–water partition coefficient (Wildman–Crippen LogP) is 5.02. The lowest BCUT2D eigenvalue weighted by molar-refractivity contribution is -0.138. The molecule has 0 saturated heterocycles. The number of rotatable bonds is 7. The molecule has 226 valence electrons. The molecular formula is C26H15F6N7O5. The number of hydrogen-bond acceptors (Lipinski definition) is 8. The number of halogens is 6. The number of aromatic nitrogens is 7. The summed E-state index contributed by atoms with van der Waals surface area (Å²) in [6.45, 7) is 0. The van der Waals surface area contributed by atoms with Crippen LogP contribution in [0.2, 0.25) is 0 Å². The summed E-state index contributed by atoms with van der Waals surface area (Å²) in [4.78, 5) is 26.9. The summed E-state index contributed by atoms with van der Waals surface area (Å²) >= 11 is 0. The van der Waals surface area contributed by atoms with Crippen molar-refractivity contribution in [1.82, 2.24) is 35.0 Å². The zero-order valence-corrected chi connectivity index (χ0v) is 21.8. The zero-order chi connectivity index (χ0) is 32.0. The van der Waals surface area contributed by atoms with Crippen LogP contribution >= 0.6 is 0 Å². The van der Waals surface area contributed by atoms with Gasteiger partial charge in [-0.25, -0.2) is 23.9 Å². The smallest absolute Gasteiger partial charge is 0.417 e. The van der Waals surface area contributed by atoms with E-state index in [2.05, 4.69) is 25.6 Å². The van der Waals surface area contributed by atoms with Gasteiger partial charge in [0, 0.05) is 12.1 Å². The molecule has 5 aromatic rings. The third kappa shape index (κ3) is 5.76. The molecule has 18 heteroatoms. The highest BCUT2D eigenvalue weighted by Gasteiger charge is 2.37. The van der Waals surface area contributed by atoms with Crippen molar-refractivity contribution in [3.8, 4) is 39.9 Å². The first-order chi connectivity index (χ1) is 20.7. The fourth-order valence-electron chi connectivity index (χ4n) is 4.09. The maximum Gasteiger partial charge on any atom is 0.417 e. The third-order valence-corrected chi connectivity index (χ3v) is 6.15. The van der Waals surface area contributed by atoms with Gasteiger partial charge in [-0.1, -0.05) is 10.4 Å². The molecule has 0 fully saturated rings. The first-order valence-electron chi connectivity index (χ1n) is 12.0. The number of carbonyl (C=O) groups is 2. The molecule has 0 amide bonds. The standard InChI is InChI=1S/C26H15F6N7O5/c1-44-14-8-19(21-10-38(36-34-21)12-2-4-15(23(40)41)17(6-12)25(27,28)29)33-20(9-14)22-11-39(37-35-22)13-3-5-16(24(42)43)18(7-13)26(30,31)32/h2-11H,1H3,(H,40,41)(H,42,43). The lowest BCUT2D eigenvalue weighted by Crippen LogP contribution is -2.14. The third-order valence-electron chi connectivity index (χ3n) is 6.15. The van der Waals surface area contributed by atoms with Gasteiger partial charge in [-0.05, 0) is 36.4 Å². The van der Waals surface area contributed by atoms with E-state index in [1.807, 2.05) is 0 Å². The Labute approximate surface area is 240 Å². The molecule has 3 aromatic heterocycles. The molecule has 12 nitrogen and oxygen atoms in total. The van der Waals surface area contributed by atoms with Gasteiger partial charge in [-0.2, -0.15) is 26.3 Å². The van der Waals surface area contributed by atoms with Crippen LogP contribution in [-0.4, -0.2) is 64.2 Å². The lowest BCUT2D eigenvalue weighted by Gasteiger charge is -2.11. The average Bonchev–Trinajstić information content (AvgIpc) is 3.66. The van der Waals surface area contributed by atoms with Crippen LogP contribution in [0.3, 0.4) is 0 Å². The largest absolute Gasteiger partial charge is 0.497 e. The topological polar surface area (TPSA) is 158 Å². The molecule has 2 aromatic carbocycles. The number of nitrogens with zero attached hydrogens (tertiary/aromatic N) is 7. The Morgan fingerprint density at radius 1 is 0.682 bits per heavy atom. The monoisotopic (exact) mass is 619 g/mol. The number of carboxylic acid groups (broad SMARTS) is 2.